The highest BCUT2D eigenvalue weighted by Gasteiger charge is 2.21. The molecule has 24 heavy (non-hydrogen) atoms. The van der Waals surface area contributed by atoms with Crippen molar-refractivity contribution in [3.63, 3.8) is 0 Å². The number of ketones is 1. The number of nitro groups is 1. The van der Waals surface area contributed by atoms with Crippen molar-refractivity contribution in [3.8, 4) is 0 Å². The summed E-state index contributed by atoms with van der Waals surface area (Å²) >= 11 is 0. The highest BCUT2D eigenvalue weighted by Crippen LogP contribution is 2.16. The molecule has 0 bridgehead atoms. The Morgan fingerprint density at radius 2 is 1.79 bits per heavy atom. The van der Waals surface area contributed by atoms with E-state index in [0.717, 1.165) is 18.1 Å². The minimum absolute atomic E-state index is 0.0326. The molecule has 124 valence electrons. The van der Waals surface area contributed by atoms with Crippen molar-refractivity contribution in [2.75, 3.05) is 0 Å². The van der Waals surface area contributed by atoms with Gasteiger partial charge in [-0.3, -0.25) is 14.9 Å². The van der Waals surface area contributed by atoms with Crippen LogP contribution in [0, 0.1) is 10.1 Å². The van der Waals surface area contributed by atoms with Crippen molar-refractivity contribution in [1.82, 2.24) is 0 Å². The molecule has 1 unspecified atom stereocenters. The first-order valence-corrected chi connectivity index (χ1v) is 7.51. The van der Waals surface area contributed by atoms with E-state index < -0.39 is 17.0 Å². The smallest absolute Gasteiger partial charge is 0.339 e. The Kier molecular flexibility index (Phi) is 5.42. The second-order valence-electron chi connectivity index (χ2n) is 5.27. The Labute approximate surface area is 139 Å². The number of nitro benzene ring substituents is 1. The van der Waals surface area contributed by atoms with Crippen LogP contribution in [-0.2, 0) is 11.2 Å². The maximum atomic E-state index is 12.3. The zero-order valence-electron chi connectivity index (χ0n) is 13.4. The minimum atomic E-state index is -0.982. The minimum Gasteiger partial charge on any atom is -0.451 e. The highest BCUT2D eigenvalue weighted by molar-refractivity contribution is 6.01. The van der Waals surface area contributed by atoms with Gasteiger partial charge in [-0.15, -0.1) is 0 Å². The third kappa shape index (κ3) is 4.04. The fraction of sp³-hybridized carbons (Fsp3) is 0.222. The molecule has 0 aliphatic carbocycles. The molecule has 0 heterocycles. The van der Waals surface area contributed by atoms with E-state index >= 15 is 0 Å². The Bertz CT molecular complexity index is 767. The summed E-state index contributed by atoms with van der Waals surface area (Å²) in [6.07, 6.45) is -0.115. The lowest BCUT2D eigenvalue weighted by Crippen LogP contribution is -2.24. The van der Waals surface area contributed by atoms with Crippen LogP contribution in [0.15, 0.2) is 48.5 Å². The van der Waals surface area contributed by atoms with Crippen molar-refractivity contribution in [2.24, 2.45) is 0 Å². The van der Waals surface area contributed by atoms with Crippen LogP contribution in [0.1, 0.15) is 40.1 Å². The van der Waals surface area contributed by atoms with Gasteiger partial charge in [-0.2, -0.15) is 0 Å². The molecule has 0 radical (unpaired) electrons. The lowest BCUT2D eigenvalue weighted by atomic mass is 10.0. The van der Waals surface area contributed by atoms with E-state index in [1.165, 1.54) is 25.1 Å². The molecule has 2 aromatic rings. The molecular weight excluding hydrogens is 310 g/mol. The Morgan fingerprint density at radius 1 is 1.12 bits per heavy atom. The molecule has 0 aliphatic heterocycles. The first kappa shape index (κ1) is 17.3. The third-order valence-electron chi connectivity index (χ3n) is 3.59. The molecule has 1 atom stereocenters. The SMILES string of the molecule is CCc1ccc(C(=O)C(C)OC(=O)c2cccc([N+](=O)[O-])c2)cc1. The zero-order valence-corrected chi connectivity index (χ0v) is 13.4. The molecule has 0 saturated carbocycles. The fourth-order valence-corrected chi connectivity index (χ4v) is 2.17. The Balaban J connectivity index is 2.08. The first-order chi connectivity index (χ1) is 11.4. The molecule has 6 heteroatoms. The van der Waals surface area contributed by atoms with Crippen LogP contribution in [0.25, 0.3) is 0 Å². The normalized spacial score (nSPS) is 11.6. The van der Waals surface area contributed by atoms with E-state index in [0.29, 0.717) is 5.56 Å². The molecule has 0 spiro atoms. The number of carbonyl (C=O) groups is 2. The van der Waals surface area contributed by atoms with Crippen LogP contribution in [0.4, 0.5) is 5.69 Å². The van der Waals surface area contributed by atoms with Gasteiger partial charge in [0, 0.05) is 17.7 Å². The van der Waals surface area contributed by atoms with Crippen LogP contribution < -0.4 is 0 Å². The third-order valence-corrected chi connectivity index (χ3v) is 3.59. The molecule has 0 fully saturated rings. The average molecular weight is 327 g/mol. The molecule has 6 nitrogen and oxygen atoms in total. The number of esters is 1. The number of ether oxygens (including phenoxy) is 1. The van der Waals surface area contributed by atoms with Gasteiger partial charge in [0.25, 0.3) is 5.69 Å². The summed E-state index contributed by atoms with van der Waals surface area (Å²) < 4.78 is 5.13. The maximum absolute atomic E-state index is 12.3. The molecule has 0 saturated heterocycles. The standard InChI is InChI=1S/C18H17NO5/c1-3-13-7-9-14(10-8-13)17(20)12(2)24-18(21)15-5-4-6-16(11-15)19(22)23/h4-12H,3H2,1-2H3. The second kappa shape index (κ2) is 7.50. The average Bonchev–Trinajstić information content (AvgIpc) is 2.61. The number of hydrogen-bond donors (Lipinski definition) is 0. The van der Waals surface area contributed by atoms with Gasteiger partial charge < -0.3 is 4.74 Å². The summed E-state index contributed by atoms with van der Waals surface area (Å²) in [5, 5.41) is 10.7. The molecule has 0 amide bonds. The molecule has 2 rings (SSSR count). The van der Waals surface area contributed by atoms with Gasteiger partial charge in [0.1, 0.15) is 0 Å². The zero-order chi connectivity index (χ0) is 17.7. The van der Waals surface area contributed by atoms with E-state index in [9.17, 15) is 19.7 Å². The van der Waals surface area contributed by atoms with Gasteiger partial charge in [0.2, 0.25) is 5.78 Å². The van der Waals surface area contributed by atoms with Gasteiger partial charge in [-0.05, 0) is 25.0 Å². The van der Waals surface area contributed by atoms with E-state index in [4.69, 9.17) is 4.74 Å². The summed E-state index contributed by atoms with van der Waals surface area (Å²) in [6.45, 7) is 3.49. The molecule has 0 N–H and O–H groups in total. The summed E-state index contributed by atoms with van der Waals surface area (Å²) in [5.41, 5.74) is 1.38. The number of hydrogen-bond acceptors (Lipinski definition) is 5. The number of aryl methyl sites for hydroxylation is 1. The van der Waals surface area contributed by atoms with Gasteiger partial charge in [-0.25, -0.2) is 4.79 Å². The topological polar surface area (TPSA) is 86.5 Å². The second-order valence-corrected chi connectivity index (χ2v) is 5.27. The Morgan fingerprint density at radius 3 is 2.38 bits per heavy atom. The van der Waals surface area contributed by atoms with E-state index in [1.54, 1.807) is 12.1 Å². The molecule has 0 aromatic heterocycles. The van der Waals surface area contributed by atoms with E-state index in [2.05, 4.69) is 0 Å². The summed E-state index contributed by atoms with van der Waals surface area (Å²) in [5.74, 6) is -1.10. The Hall–Kier alpha value is -3.02. The van der Waals surface area contributed by atoms with E-state index in [1.807, 2.05) is 19.1 Å². The number of nitrogens with zero attached hydrogens (tertiary/aromatic N) is 1. The molecule has 2 aromatic carbocycles. The van der Waals surface area contributed by atoms with Crippen molar-refractivity contribution < 1.29 is 19.2 Å². The first-order valence-electron chi connectivity index (χ1n) is 7.51. The van der Waals surface area contributed by atoms with Crippen LogP contribution in [0.5, 0.6) is 0 Å². The van der Waals surface area contributed by atoms with Crippen LogP contribution in [-0.4, -0.2) is 22.8 Å². The van der Waals surface area contributed by atoms with Crippen LogP contribution in [0.2, 0.25) is 0 Å². The summed E-state index contributed by atoms with van der Waals surface area (Å²) in [6, 6.07) is 12.3. The van der Waals surface area contributed by atoms with Crippen molar-refractivity contribution in [3.05, 3.63) is 75.3 Å². The van der Waals surface area contributed by atoms with Gasteiger partial charge in [0.05, 0.1) is 10.5 Å². The monoisotopic (exact) mass is 327 g/mol. The van der Waals surface area contributed by atoms with Crippen LogP contribution >= 0.6 is 0 Å². The fourth-order valence-electron chi connectivity index (χ4n) is 2.17. The maximum Gasteiger partial charge on any atom is 0.339 e. The summed E-state index contributed by atoms with van der Waals surface area (Å²) in [7, 11) is 0. The van der Waals surface area contributed by atoms with Gasteiger partial charge in [-0.1, -0.05) is 37.3 Å². The van der Waals surface area contributed by atoms with Crippen molar-refractivity contribution >= 4 is 17.4 Å². The lowest BCUT2D eigenvalue weighted by molar-refractivity contribution is -0.384. The lowest BCUT2D eigenvalue weighted by Gasteiger charge is -2.12. The predicted molar refractivity (Wildman–Crippen MR) is 88.1 cm³/mol. The molecule has 0 aliphatic rings. The highest BCUT2D eigenvalue weighted by atomic mass is 16.6. The largest absolute Gasteiger partial charge is 0.451 e. The predicted octanol–water partition coefficient (Wildman–Crippen LogP) is 3.59. The number of Topliss-reactive ketones (excluding diaryl/α,β-unsaturated/α-hetero) is 1. The number of rotatable bonds is 6. The number of non-ortho nitro benzene ring substituents is 1. The van der Waals surface area contributed by atoms with Gasteiger partial charge >= 0.3 is 5.97 Å². The van der Waals surface area contributed by atoms with Gasteiger partial charge in [0.15, 0.2) is 6.10 Å². The summed E-state index contributed by atoms with van der Waals surface area (Å²) in [4.78, 5) is 34.5. The number of carbonyl (C=O) groups excluding carboxylic acids is 2. The van der Waals surface area contributed by atoms with Crippen LogP contribution in [0.3, 0.4) is 0 Å². The number of benzene rings is 2. The molecular formula is C18H17NO5. The van der Waals surface area contributed by atoms with E-state index in [-0.39, 0.29) is 17.0 Å². The quantitative estimate of drug-likeness (QED) is 0.350. The van der Waals surface area contributed by atoms with Crippen molar-refractivity contribution in [1.29, 1.82) is 0 Å². The van der Waals surface area contributed by atoms with Crippen molar-refractivity contribution in [2.45, 2.75) is 26.4 Å².